The van der Waals surface area contributed by atoms with Crippen molar-refractivity contribution in [3.05, 3.63) is 36.2 Å². The van der Waals surface area contributed by atoms with Crippen LogP contribution in [0.1, 0.15) is 10.6 Å². The van der Waals surface area contributed by atoms with Crippen LogP contribution in [0.15, 0.2) is 30.3 Å². The molecule has 0 atom stereocenters. The highest BCUT2D eigenvalue weighted by atomic mass is 16.1. The molecule has 13 heavy (non-hydrogen) atoms. The van der Waals surface area contributed by atoms with Crippen LogP contribution in [0.5, 0.6) is 0 Å². The zero-order chi connectivity index (χ0) is 9.26. The summed E-state index contributed by atoms with van der Waals surface area (Å²) in [5.74, 6) is -0.528. The maximum atomic E-state index is 10.7. The van der Waals surface area contributed by atoms with Crippen molar-refractivity contribution >= 4 is 5.91 Å². The topological polar surface area (TPSA) is 68.9 Å². The first-order valence-corrected chi connectivity index (χ1v) is 3.80. The van der Waals surface area contributed by atoms with Crippen LogP contribution in [0.25, 0.3) is 11.4 Å². The van der Waals surface area contributed by atoms with Crippen molar-refractivity contribution in [3.63, 3.8) is 0 Å². The number of primary amides is 1. The summed E-state index contributed by atoms with van der Waals surface area (Å²) in [4.78, 5) is 18.7. The van der Waals surface area contributed by atoms with Gasteiger partial charge in [-0.25, -0.2) is 9.97 Å². The fraction of sp³-hybridized carbons (Fsp3) is 0. The van der Waals surface area contributed by atoms with E-state index in [0.717, 1.165) is 0 Å². The van der Waals surface area contributed by atoms with E-state index in [0.29, 0.717) is 11.4 Å². The van der Waals surface area contributed by atoms with Crippen molar-refractivity contribution in [1.29, 1.82) is 0 Å². The van der Waals surface area contributed by atoms with Gasteiger partial charge in [-0.05, 0) is 12.1 Å². The average Bonchev–Trinajstić information content (AvgIpc) is 2.38. The second-order valence-corrected chi connectivity index (χ2v) is 2.59. The first-order chi connectivity index (χ1) is 6.27. The van der Waals surface area contributed by atoms with Gasteiger partial charge in [0.2, 0.25) is 5.82 Å². The maximum absolute atomic E-state index is 10.7. The molecule has 0 bridgehead atoms. The van der Waals surface area contributed by atoms with Gasteiger partial charge in [0.25, 0.3) is 5.91 Å². The van der Waals surface area contributed by atoms with Crippen molar-refractivity contribution in [2.24, 2.45) is 5.73 Å². The second kappa shape index (κ2) is 2.82. The summed E-state index contributed by atoms with van der Waals surface area (Å²) in [5.41, 5.74) is 6.40. The van der Waals surface area contributed by atoms with E-state index in [1.807, 2.05) is 18.2 Å². The van der Waals surface area contributed by atoms with E-state index >= 15 is 0 Å². The summed E-state index contributed by atoms with van der Waals surface area (Å²) in [7, 11) is 0. The second-order valence-electron chi connectivity index (χ2n) is 2.59. The number of rotatable bonds is 1. The molecule has 1 amide bonds. The smallest absolute Gasteiger partial charge is 0.286 e. The van der Waals surface area contributed by atoms with Crippen molar-refractivity contribution in [2.45, 2.75) is 0 Å². The lowest BCUT2D eigenvalue weighted by atomic mass is 10.3. The summed E-state index contributed by atoms with van der Waals surface area (Å²) >= 11 is 0. The maximum Gasteiger partial charge on any atom is 0.286 e. The molecular weight excluding hydrogens is 166 g/mol. The Morgan fingerprint density at radius 1 is 1.08 bits per heavy atom. The van der Waals surface area contributed by atoms with Crippen LogP contribution in [-0.2, 0) is 0 Å². The standard InChI is InChI=1S/C9H7N3O/c10-8(13)9-11-6-4-2-1-3-5-7(6)12-9/h1-5H,(H2,10,13). The predicted octanol–water partition coefficient (Wildman–Crippen LogP) is 0.680. The minimum atomic E-state index is -0.598. The minimum Gasteiger partial charge on any atom is -0.363 e. The average molecular weight is 173 g/mol. The highest BCUT2D eigenvalue weighted by molar-refractivity contribution is 5.90. The Morgan fingerprint density at radius 2 is 1.62 bits per heavy atom. The number of carbonyl (C=O) groups excluding carboxylic acids is 1. The highest BCUT2D eigenvalue weighted by Crippen LogP contribution is 2.15. The van der Waals surface area contributed by atoms with Crippen LogP contribution in [0.2, 0.25) is 0 Å². The van der Waals surface area contributed by atoms with Crippen LogP contribution in [0.4, 0.5) is 0 Å². The van der Waals surface area contributed by atoms with E-state index in [1.54, 1.807) is 12.1 Å². The largest absolute Gasteiger partial charge is 0.363 e. The number of fused-ring (bicyclic) bond motifs is 1. The molecule has 0 saturated heterocycles. The summed E-state index contributed by atoms with van der Waals surface area (Å²) < 4.78 is 0. The summed E-state index contributed by atoms with van der Waals surface area (Å²) in [6, 6.07) is 9.11. The molecule has 4 heteroatoms. The lowest BCUT2D eigenvalue weighted by Gasteiger charge is -1.81. The lowest BCUT2D eigenvalue weighted by Crippen LogP contribution is -2.12. The van der Waals surface area contributed by atoms with Gasteiger partial charge in [0.05, 0.1) is 11.4 Å². The van der Waals surface area contributed by atoms with Gasteiger partial charge in [-0.15, -0.1) is 0 Å². The third-order valence-corrected chi connectivity index (χ3v) is 1.67. The van der Waals surface area contributed by atoms with E-state index in [4.69, 9.17) is 5.73 Å². The number of hydrogen-bond acceptors (Lipinski definition) is 3. The number of nitrogens with two attached hydrogens (primary N) is 1. The lowest BCUT2D eigenvalue weighted by molar-refractivity contribution is 0.0991. The number of carbonyl (C=O) groups is 1. The Balaban J connectivity index is 2.64. The molecule has 1 heterocycles. The summed E-state index contributed by atoms with van der Waals surface area (Å²) in [5, 5.41) is 0. The molecule has 1 aliphatic carbocycles. The molecule has 2 rings (SSSR count). The molecule has 2 N–H and O–H groups in total. The molecule has 0 aromatic carbocycles. The summed E-state index contributed by atoms with van der Waals surface area (Å²) in [6.07, 6.45) is 0. The Hall–Kier alpha value is -1.97. The van der Waals surface area contributed by atoms with Gasteiger partial charge in [0.1, 0.15) is 0 Å². The fourth-order valence-electron chi connectivity index (χ4n) is 1.08. The molecule has 2 aliphatic rings. The molecule has 0 saturated carbocycles. The van der Waals surface area contributed by atoms with Crippen LogP contribution < -0.4 is 5.73 Å². The Bertz CT molecular complexity index is 397. The van der Waals surface area contributed by atoms with E-state index in [-0.39, 0.29) is 5.82 Å². The third-order valence-electron chi connectivity index (χ3n) is 1.67. The predicted molar refractivity (Wildman–Crippen MR) is 47.2 cm³/mol. The number of hydrogen-bond donors (Lipinski definition) is 1. The van der Waals surface area contributed by atoms with Gasteiger partial charge in [-0.2, -0.15) is 0 Å². The van der Waals surface area contributed by atoms with Crippen LogP contribution in [-0.4, -0.2) is 15.9 Å². The van der Waals surface area contributed by atoms with E-state index in [1.165, 1.54) is 0 Å². The zero-order valence-electron chi connectivity index (χ0n) is 6.77. The van der Waals surface area contributed by atoms with Crippen LogP contribution in [0, 0.1) is 0 Å². The quantitative estimate of drug-likeness (QED) is 0.689. The fourth-order valence-corrected chi connectivity index (χ4v) is 1.08. The van der Waals surface area contributed by atoms with Gasteiger partial charge in [-0.1, -0.05) is 18.2 Å². The van der Waals surface area contributed by atoms with Crippen molar-refractivity contribution in [2.75, 3.05) is 0 Å². The first kappa shape index (κ1) is 7.67. The van der Waals surface area contributed by atoms with Crippen molar-refractivity contribution in [1.82, 2.24) is 9.97 Å². The molecule has 0 radical (unpaired) electrons. The van der Waals surface area contributed by atoms with Crippen molar-refractivity contribution in [3.8, 4) is 11.4 Å². The highest BCUT2D eigenvalue weighted by Gasteiger charge is 2.11. The molecular formula is C9H7N3O. The summed E-state index contributed by atoms with van der Waals surface area (Å²) in [6.45, 7) is 0. The molecule has 64 valence electrons. The number of aromatic nitrogens is 2. The van der Waals surface area contributed by atoms with Gasteiger partial charge >= 0.3 is 0 Å². The first-order valence-electron chi connectivity index (χ1n) is 3.80. The molecule has 0 aromatic rings. The SMILES string of the molecule is NC(=O)c1nc2cccccc-2n1. The minimum absolute atomic E-state index is 0.0706. The van der Waals surface area contributed by atoms with E-state index in [9.17, 15) is 4.79 Å². The van der Waals surface area contributed by atoms with Crippen LogP contribution in [0.3, 0.4) is 0 Å². The van der Waals surface area contributed by atoms with Gasteiger partial charge in [-0.3, -0.25) is 4.79 Å². The van der Waals surface area contributed by atoms with Crippen LogP contribution >= 0.6 is 0 Å². The van der Waals surface area contributed by atoms with E-state index in [2.05, 4.69) is 9.97 Å². The monoisotopic (exact) mass is 173 g/mol. The molecule has 0 unspecified atom stereocenters. The molecule has 0 fully saturated rings. The molecule has 4 nitrogen and oxygen atoms in total. The van der Waals surface area contributed by atoms with Gasteiger partial charge in [0, 0.05) is 0 Å². The number of imidazole rings is 1. The number of amides is 1. The Morgan fingerprint density at radius 3 is 2.08 bits per heavy atom. The van der Waals surface area contributed by atoms with Gasteiger partial charge in [0.15, 0.2) is 0 Å². The van der Waals surface area contributed by atoms with Crippen molar-refractivity contribution < 1.29 is 4.79 Å². The normalized spacial score (nSPS) is 10.2. The zero-order valence-corrected chi connectivity index (χ0v) is 6.77. The third kappa shape index (κ3) is 1.33. The molecule has 0 spiro atoms. The number of nitrogens with zero attached hydrogens (tertiary/aromatic N) is 2. The molecule has 1 aliphatic heterocycles. The Labute approximate surface area is 74.8 Å². The van der Waals surface area contributed by atoms with Gasteiger partial charge < -0.3 is 5.73 Å². The Kier molecular flexibility index (Phi) is 1.66. The molecule has 0 aromatic heterocycles. The van der Waals surface area contributed by atoms with E-state index < -0.39 is 5.91 Å².